The first kappa shape index (κ1) is 12.6. The highest BCUT2D eigenvalue weighted by molar-refractivity contribution is 6.29. The monoisotopic (exact) mass is 247 g/mol. The van der Waals surface area contributed by atoms with E-state index in [1.165, 1.54) is 0 Å². The molecular weight excluding hydrogens is 233 g/mol. The van der Waals surface area contributed by atoms with Crippen LogP contribution in [0.1, 0.15) is 12.8 Å². The Labute approximate surface area is 101 Å². The van der Waals surface area contributed by atoms with Gasteiger partial charge in [-0.3, -0.25) is 0 Å². The zero-order valence-electron chi connectivity index (χ0n) is 8.40. The third-order valence-corrected chi connectivity index (χ3v) is 2.82. The second-order valence-electron chi connectivity index (χ2n) is 3.66. The summed E-state index contributed by atoms with van der Waals surface area (Å²) < 4.78 is 0. The molecule has 0 spiro atoms. The van der Waals surface area contributed by atoms with E-state index in [2.05, 4.69) is 9.88 Å². The third kappa shape index (κ3) is 3.23. The van der Waals surface area contributed by atoms with Crippen LogP contribution in [0, 0.1) is 0 Å². The summed E-state index contributed by atoms with van der Waals surface area (Å²) in [6.07, 6.45) is 3.85. The molecule has 3 nitrogen and oxygen atoms in total. The van der Waals surface area contributed by atoms with Crippen molar-refractivity contribution in [3.63, 3.8) is 0 Å². The molecule has 0 bridgehead atoms. The first-order valence-electron chi connectivity index (χ1n) is 4.88. The summed E-state index contributed by atoms with van der Waals surface area (Å²) in [7, 11) is 0. The van der Waals surface area contributed by atoms with Crippen molar-refractivity contribution in [1.29, 1.82) is 0 Å². The minimum Gasteiger partial charge on any atom is -0.371 e. The molecule has 0 atom stereocenters. The smallest absolute Gasteiger partial charge is 0.131 e. The molecule has 1 aromatic heterocycles. The molecule has 5 heteroatoms. The Kier molecular flexibility index (Phi) is 4.64. The van der Waals surface area contributed by atoms with E-state index in [1.807, 2.05) is 12.1 Å². The molecule has 84 valence electrons. The molecule has 2 rings (SSSR count). The van der Waals surface area contributed by atoms with Gasteiger partial charge in [0, 0.05) is 31.0 Å². The van der Waals surface area contributed by atoms with Crippen LogP contribution in [0.4, 0.5) is 5.69 Å². The normalized spacial score (nSPS) is 17.3. The number of pyridine rings is 1. The highest BCUT2D eigenvalue weighted by Crippen LogP contribution is 2.20. The molecule has 0 saturated carbocycles. The molecule has 1 fully saturated rings. The van der Waals surface area contributed by atoms with Crippen LogP contribution in [-0.4, -0.2) is 24.1 Å². The second-order valence-corrected chi connectivity index (χ2v) is 4.05. The van der Waals surface area contributed by atoms with Gasteiger partial charge in [-0.1, -0.05) is 11.6 Å². The number of nitrogens with zero attached hydrogens (tertiary/aromatic N) is 2. The molecule has 0 aromatic carbocycles. The van der Waals surface area contributed by atoms with Crippen LogP contribution in [0.25, 0.3) is 0 Å². The SMILES string of the molecule is Cl.NC1CCN(c2ccnc(Cl)c2)CC1. The lowest BCUT2D eigenvalue weighted by Crippen LogP contribution is -2.39. The number of nitrogens with two attached hydrogens (primary N) is 1. The third-order valence-electron chi connectivity index (χ3n) is 2.61. The first-order valence-corrected chi connectivity index (χ1v) is 5.25. The number of aromatic nitrogens is 1. The van der Waals surface area contributed by atoms with Crippen LogP contribution in [0.3, 0.4) is 0 Å². The molecule has 0 radical (unpaired) electrons. The van der Waals surface area contributed by atoms with E-state index in [0.717, 1.165) is 31.6 Å². The highest BCUT2D eigenvalue weighted by atomic mass is 35.5. The summed E-state index contributed by atoms with van der Waals surface area (Å²) in [6.45, 7) is 2.03. The number of anilines is 1. The molecule has 0 aliphatic carbocycles. The Balaban J connectivity index is 0.00000112. The Morgan fingerprint density at radius 2 is 2.07 bits per heavy atom. The molecule has 1 aliphatic heterocycles. The molecule has 0 amide bonds. The van der Waals surface area contributed by atoms with Crippen molar-refractivity contribution < 1.29 is 0 Å². The number of halogens is 2. The second kappa shape index (κ2) is 5.54. The van der Waals surface area contributed by atoms with Gasteiger partial charge >= 0.3 is 0 Å². The summed E-state index contributed by atoms with van der Waals surface area (Å²) >= 11 is 5.83. The Morgan fingerprint density at radius 1 is 1.40 bits per heavy atom. The highest BCUT2D eigenvalue weighted by Gasteiger charge is 2.16. The van der Waals surface area contributed by atoms with Crippen molar-refractivity contribution in [1.82, 2.24) is 4.98 Å². The van der Waals surface area contributed by atoms with Crippen LogP contribution < -0.4 is 10.6 Å². The summed E-state index contributed by atoms with van der Waals surface area (Å²) in [5, 5.41) is 0.553. The molecule has 1 saturated heterocycles. The summed E-state index contributed by atoms with van der Waals surface area (Å²) in [5.74, 6) is 0. The molecule has 0 unspecified atom stereocenters. The lowest BCUT2D eigenvalue weighted by atomic mass is 10.1. The fourth-order valence-corrected chi connectivity index (χ4v) is 1.91. The average molecular weight is 248 g/mol. The Bertz CT molecular complexity index is 311. The van der Waals surface area contributed by atoms with Crippen LogP contribution >= 0.6 is 24.0 Å². The van der Waals surface area contributed by atoms with Crippen molar-refractivity contribution in [2.75, 3.05) is 18.0 Å². The van der Waals surface area contributed by atoms with Gasteiger partial charge in [-0.2, -0.15) is 0 Å². The van der Waals surface area contributed by atoms with Gasteiger partial charge in [-0.25, -0.2) is 4.98 Å². The van der Waals surface area contributed by atoms with E-state index in [4.69, 9.17) is 17.3 Å². The van der Waals surface area contributed by atoms with Crippen molar-refractivity contribution >= 4 is 29.7 Å². The lowest BCUT2D eigenvalue weighted by Gasteiger charge is -2.31. The van der Waals surface area contributed by atoms with Gasteiger partial charge in [0.1, 0.15) is 5.15 Å². The maximum Gasteiger partial charge on any atom is 0.131 e. The quantitative estimate of drug-likeness (QED) is 0.774. The van der Waals surface area contributed by atoms with E-state index < -0.39 is 0 Å². The predicted molar refractivity (Wildman–Crippen MR) is 65.9 cm³/mol. The topological polar surface area (TPSA) is 42.1 Å². The van der Waals surface area contributed by atoms with Gasteiger partial charge in [0.15, 0.2) is 0 Å². The van der Waals surface area contributed by atoms with Gasteiger partial charge < -0.3 is 10.6 Å². The van der Waals surface area contributed by atoms with Crippen molar-refractivity contribution in [2.24, 2.45) is 5.73 Å². The van der Waals surface area contributed by atoms with Crippen LogP contribution in [0.15, 0.2) is 18.3 Å². The van der Waals surface area contributed by atoms with Gasteiger partial charge in [0.2, 0.25) is 0 Å². The molecule has 2 heterocycles. The molecule has 1 aliphatic rings. The number of hydrogen-bond acceptors (Lipinski definition) is 3. The first-order chi connectivity index (χ1) is 6.75. The van der Waals surface area contributed by atoms with Crippen molar-refractivity contribution in [3.05, 3.63) is 23.5 Å². The van der Waals surface area contributed by atoms with Crippen molar-refractivity contribution in [3.8, 4) is 0 Å². The number of piperidine rings is 1. The summed E-state index contributed by atoms with van der Waals surface area (Å²) in [4.78, 5) is 6.27. The molecule has 15 heavy (non-hydrogen) atoms. The standard InChI is InChI=1S/C10H14ClN3.ClH/c11-10-7-9(1-4-13-10)14-5-2-8(12)3-6-14;/h1,4,7-8H,2-3,5-6,12H2;1H. The minimum absolute atomic E-state index is 0. The van der Waals surface area contributed by atoms with Crippen LogP contribution in [0.5, 0.6) is 0 Å². The Morgan fingerprint density at radius 3 is 2.67 bits per heavy atom. The fraction of sp³-hybridized carbons (Fsp3) is 0.500. The van der Waals surface area contributed by atoms with Crippen molar-refractivity contribution in [2.45, 2.75) is 18.9 Å². The maximum atomic E-state index is 5.84. The van der Waals surface area contributed by atoms with E-state index >= 15 is 0 Å². The van der Waals surface area contributed by atoms with E-state index in [0.29, 0.717) is 11.2 Å². The predicted octanol–water partition coefficient (Wildman–Crippen LogP) is 2.08. The van der Waals surface area contributed by atoms with E-state index in [1.54, 1.807) is 6.20 Å². The zero-order valence-corrected chi connectivity index (χ0v) is 9.97. The lowest BCUT2D eigenvalue weighted by molar-refractivity contribution is 0.501. The minimum atomic E-state index is 0. The number of rotatable bonds is 1. The van der Waals surface area contributed by atoms with Gasteiger partial charge in [-0.05, 0) is 25.0 Å². The Hall–Kier alpha value is -0.510. The zero-order chi connectivity index (χ0) is 9.97. The molecule has 1 aromatic rings. The summed E-state index contributed by atoms with van der Waals surface area (Å²) in [6, 6.07) is 4.25. The van der Waals surface area contributed by atoms with Gasteiger partial charge in [0.05, 0.1) is 0 Å². The van der Waals surface area contributed by atoms with Gasteiger partial charge in [-0.15, -0.1) is 12.4 Å². The molecule has 2 N–H and O–H groups in total. The van der Waals surface area contributed by atoms with E-state index in [-0.39, 0.29) is 12.4 Å². The number of hydrogen-bond donors (Lipinski definition) is 1. The van der Waals surface area contributed by atoms with Gasteiger partial charge in [0.25, 0.3) is 0 Å². The average Bonchev–Trinajstić information content (AvgIpc) is 2.19. The molecular formula is C10H15Cl2N3. The maximum absolute atomic E-state index is 5.84. The van der Waals surface area contributed by atoms with Crippen LogP contribution in [-0.2, 0) is 0 Å². The van der Waals surface area contributed by atoms with Crippen LogP contribution in [0.2, 0.25) is 5.15 Å². The van der Waals surface area contributed by atoms with E-state index in [9.17, 15) is 0 Å². The fourth-order valence-electron chi connectivity index (χ4n) is 1.75. The summed E-state index contributed by atoms with van der Waals surface area (Å²) in [5.41, 5.74) is 6.99. The largest absolute Gasteiger partial charge is 0.371 e.